The fourth-order valence-corrected chi connectivity index (χ4v) is 2.94. The standard InChI is InChI=1S/C20H17N3O5/c1-12-4-2-3-5-15(12)22-18(24)14-9-21-20(26)23(19(14)25)10-13-6-7-16-17(8-13)28-11-27-16/h2-9H,10-11H2,1H3,(H,21,26)(H,22,24). The highest BCUT2D eigenvalue weighted by Crippen LogP contribution is 2.32. The van der Waals surface area contributed by atoms with Gasteiger partial charge < -0.3 is 19.8 Å². The molecule has 0 spiro atoms. The van der Waals surface area contributed by atoms with Crippen molar-refractivity contribution in [2.75, 3.05) is 12.1 Å². The number of anilines is 1. The number of H-pyrrole nitrogens is 1. The van der Waals surface area contributed by atoms with Gasteiger partial charge in [0.1, 0.15) is 5.56 Å². The van der Waals surface area contributed by atoms with Crippen molar-refractivity contribution in [2.45, 2.75) is 13.5 Å². The number of para-hydroxylation sites is 1. The van der Waals surface area contributed by atoms with E-state index in [0.29, 0.717) is 22.7 Å². The third-order valence-corrected chi connectivity index (χ3v) is 4.48. The van der Waals surface area contributed by atoms with E-state index in [-0.39, 0.29) is 18.9 Å². The number of amides is 1. The minimum absolute atomic E-state index is 0.00368. The average molecular weight is 379 g/mol. The number of nitrogens with zero attached hydrogens (tertiary/aromatic N) is 1. The lowest BCUT2D eigenvalue weighted by atomic mass is 10.2. The van der Waals surface area contributed by atoms with Gasteiger partial charge in [-0.15, -0.1) is 0 Å². The van der Waals surface area contributed by atoms with E-state index in [1.807, 2.05) is 19.1 Å². The summed E-state index contributed by atoms with van der Waals surface area (Å²) in [6.07, 6.45) is 1.13. The molecule has 8 heteroatoms. The molecule has 2 aromatic carbocycles. The number of aromatic nitrogens is 2. The Balaban J connectivity index is 1.64. The molecule has 3 aromatic rings. The molecule has 0 saturated heterocycles. The van der Waals surface area contributed by atoms with Crippen molar-refractivity contribution in [3.8, 4) is 11.5 Å². The topological polar surface area (TPSA) is 102 Å². The summed E-state index contributed by atoms with van der Waals surface area (Å²) in [6.45, 7) is 1.98. The first-order valence-corrected chi connectivity index (χ1v) is 8.61. The monoisotopic (exact) mass is 379 g/mol. The number of rotatable bonds is 4. The lowest BCUT2D eigenvalue weighted by Gasteiger charge is -2.10. The Labute approximate surface area is 159 Å². The fraction of sp³-hybridized carbons (Fsp3) is 0.150. The molecule has 1 aromatic heterocycles. The second-order valence-electron chi connectivity index (χ2n) is 6.36. The van der Waals surface area contributed by atoms with Crippen LogP contribution in [0.4, 0.5) is 5.69 Å². The van der Waals surface area contributed by atoms with Gasteiger partial charge >= 0.3 is 5.69 Å². The van der Waals surface area contributed by atoms with Crippen LogP contribution in [0.5, 0.6) is 11.5 Å². The van der Waals surface area contributed by atoms with Crippen LogP contribution in [0, 0.1) is 6.92 Å². The third kappa shape index (κ3) is 3.27. The quantitative estimate of drug-likeness (QED) is 0.721. The maximum absolute atomic E-state index is 12.8. The van der Waals surface area contributed by atoms with Crippen molar-refractivity contribution in [3.05, 3.63) is 86.2 Å². The molecule has 28 heavy (non-hydrogen) atoms. The van der Waals surface area contributed by atoms with Crippen molar-refractivity contribution in [2.24, 2.45) is 0 Å². The van der Waals surface area contributed by atoms with Crippen molar-refractivity contribution in [1.29, 1.82) is 0 Å². The van der Waals surface area contributed by atoms with Crippen molar-refractivity contribution >= 4 is 11.6 Å². The van der Waals surface area contributed by atoms with E-state index in [2.05, 4.69) is 10.3 Å². The lowest BCUT2D eigenvalue weighted by molar-refractivity contribution is 0.102. The molecule has 1 aliphatic heterocycles. The first-order chi connectivity index (χ1) is 13.5. The number of hydrogen-bond acceptors (Lipinski definition) is 5. The zero-order chi connectivity index (χ0) is 19.7. The summed E-state index contributed by atoms with van der Waals surface area (Å²) in [5.74, 6) is 0.571. The van der Waals surface area contributed by atoms with Gasteiger partial charge in [-0.2, -0.15) is 0 Å². The van der Waals surface area contributed by atoms with Gasteiger partial charge in [0.05, 0.1) is 6.54 Å². The molecule has 0 unspecified atom stereocenters. The van der Waals surface area contributed by atoms with Gasteiger partial charge in [-0.3, -0.25) is 14.2 Å². The first kappa shape index (κ1) is 17.6. The summed E-state index contributed by atoms with van der Waals surface area (Å²) in [4.78, 5) is 40.0. The zero-order valence-corrected chi connectivity index (χ0v) is 15.0. The smallest absolute Gasteiger partial charge is 0.328 e. The van der Waals surface area contributed by atoms with Crippen molar-refractivity contribution in [3.63, 3.8) is 0 Å². The van der Waals surface area contributed by atoms with Gasteiger partial charge in [0.15, 0.2) is 11.5 Å². The van der Waals surface area contributed by atoms with Gasteiger partial charge in [-0.1, -0.05) is 24.3 Å². The predicted molar refractivity (Wildman–Crippen MR) is 102 cm³/mol. The van der Waals surface area contributed by atoms with E-state index in [9.17, 15) is 14.4 Å². The van der Waals surface area contributed by atoms with Gasteiger partial charge in [0, 0.05) is 11.9 Å². The molecule has 1 aliphatic rings. The van der Waals surface area contributed by atoms with E-state index in [1.54, 1.807) is 30.3 Å². The second kappa shape index (κ2) is 7.07. The van der Waals surface area contributed by atoms with Crippen LogP contribution in [-0.4, -0.2) is 22.3 Å². The van der Waals surface area contributed by atoms with Crippen LogP contribution in [-0.2, 0) is 6.54 Å². The molecule has 0 aliphatic carbocycles. The van der Waals surface area contributed by atoms with Crippen LogP contribution in [0.1, 0.15) is 21.5 Å². The highest BCUT2D eigenvalue weighted by molar-refractivity contribution is 6.04. The summed E-state index contributed by atoms with van der Waals surface area (Å²) in [5, 5.41) is 2.70. The average Bonchev–Trinajstić information content (AvgIpc) is 3.14. The van der Waals surface area contributed by atoms with Crippen LogP contribution in [0.3, 0.4) is 0 Å². The highest BCUT2D eigenvalue weighted by Gasteiger charge is 2.17. The number of ether oxygens (including phenoxy) is 2. The largest absolute Gasteiger partial charge is 0.454 e. The Morgan fingerprint density at radius 1 is 1.14 bits per heavy atom. The van der Waals surface area contributed by atoms with Crippen molar-refractivity contribution < 1.29 is 14.3 Å². The number of aryl methyl sites for hydroxylation is 1. The van der Waals surface area contributed by atoms with Gasteiger partial charge in [0.25, 0.3) is 11.5 Å². The maximum atomic E-state index is 12.8. The molecule has 4 rings (SSSR count). The summed E-state index contributed by atoms with van der Waals surface area (Å²) in [7, 11) is 0. The fourth-order valence-electron chi connectivity index (χ4n) is 2.94. The van der Waals surface area contributed by atoms with E-state index in [0.717, 1.165) is 16.3 Å². The molecule has 142 valence electrons. The number of carbonyl (C=O) groups excluding carboxylic acids is 1. The van der Waals surface area contributed by atoms with Crippen LogP contribution in [0.15, 0.2) is 58.3 Å². The van der Waals surface area contributed by atoms with Gasteiger partial charge in [0.2, 0.25) is 6.79 Å². The molecule has 8 nitrogen and oxygen atoms in total. The molecule has 2 heterocycles. The number of aromatic amines is 1. The molecule has 0 fully saturated rings. The van der Waals surface area contributed by atoms with Crippen LogP contribution in [0.2, 0.25) is 0 Å². The van der Waals surface area contributed by atoms with Gasteiger partial charge in [-0.05, 0) is 36.2 Å². The Kier molecular flexibility index (Phi) is 4.44. The predicted octanol–water partition coefficient (Wildman–Crippen LogP) is 1.87. The highest BCUT2D eigenvalue weighted by atomic mass is 16.7. The SMILES string of the molecule is Cc1ccccc1NC(=O)c1c[nH]c(=O)n(Cc2ccc3c(c2)OCO3)c1=O. The Hall–Kier alpha value is -3.81. The molecule has 0 saturated carbocycles. The second-order valence-corrected chi connectivity index (χ2v) is 6.36. The molecular formula is C20H17N3O5. The minimum Gasteiger partial charge on any atom is -0.454 e. The molecule has 0 bridgehead atoms. The number of benzene rings is 2. The third-order valence-electron chi connectivity index (χ3n) is 4.48. The van der Waals surface area contributed by atoms with Crippen LogP contribution >= 0.6 is 0 Å². The summed E-state index contributed by atoms with van der Waals surface area (Å²) >= 11 is 0. The normalized spacial score (nSPS) is 12.0. The zero-order valence-electron chi connectivity index (χ0n) is 15.0. The van der Waals surface area contributed by atoms with E-state index < -0.39 is 17.2 Å². The number of hydrogen-bond donors (Lipinski definition) is 2. The maximum Gasteiger partial charge on any atom is 0.328 e. The van der Waals surface area contributed by atoms with E-state index >= 15 is 0 Å². The number of carbonyl (C=O) groups is 1. The van der Waals surface area contributed by atoms with Crippen molar-refractivity contribution in [1.82, 2.24) is 9.55 Å². The molecule has 0 atom stereocenters. The van der Waals surface area contributed by atoms with E-state index in [4.69, 9.17) is 9.47 Å². The Bertz CT molecular complexity index is 1180. The number of nitrogens with one attached hydrogen (secondary N) is 2. The van der Waals surface area contributed by atoms with E-state index in [1.165, 1.54) is 0 Å². The number of fused-ring (bicyclic) bond motifs is 1. The molecule has 0 radical (unpaired) electrons. The van der Waals surface area contributed by atoms with Crippen LogP contribution < -0.4 is 26.0 Å². The molecule has 2 N–H and O–H groups in total. The van der Waals surface area contributed by atoms with Crippen LogP contribution in [0.25, 0.3) is 0 Å². The Morgan fingerprint density at radius 3 is 2.75 bits per heavy atom. The molecule has 1 amide bonds. The Morgan fingerprint density at radius 2 is 1.93 bits per heavy atom. The molecular weight excluding hydrogens is 362 g/mol. The van der Waals surface area contributed by atoms with Gasteiger partial charge in [-0.25, -0.2) is 4.79 Å². The lowest BCUT2D eigenvalue weighted by Crippen LogP contribution is -2.39. The first-order valence-electron chi connectivity index (χ1n) is 8.61. The summed E-state index contributed by atoms with van der Waals surface area (Å²) in [6, 6.07) is 12.4. The minimum atomic E-state index is -0.674. The summed E-state index contributed by atoms with van der Waals surface area (Å²) < 4.78 is 11.5. The summed E-state index contributed by atoms with van der Waals surface area (Å²) in [5.41, 5.74) is 0.709.